The van der Waals surface area contributed by atoms with Crippen LogP contribution in [0, 0.1) is 5.82 Å². The largest absolute Gasteiger partial charge is 0.316 e. The van der Waals surface area contributed by atoms with Crippen LogP contribution in [0.5, 0.6) is 0 Å². The summed E-state index contributed by atoms with van der Waals surface area (Å²) < 4.78 is 13.2. The highest BCUT2D eigenvalue weighted by atomic mass is 35.5. The van der Waals surface area contributed by atoms with Gasteiger partial charge in [-0.05, 0) is 49.7 Å². The molecular formula is C11H15ClFN. The van der Waals surface area contributed by atoms with E-state index in [-0.39, 0.29) is 5.82 Å². The van der Waals surface area contributed by atoms with Crippen LogP contribution < -0.4 is 5.32 Å². The summed E-state index contributed by atoms with van der Waals surface area (Å²) >= 11 is 5.77. The van der Waals surface area contributed by atoms with E-state index in [0.29, 0.717) is 17.0 Å². The standard InChI is InChI=1S/C11H15ClFN/c1-2-6-14-7-5-9-8-10(12)3-4-11(9)13/h3-4,8,14H,2,5-7H2,1H3. The molecule has 0 bridgehead atoms. The molecule has 0 heterocycles. The Kier molecular flexibility index (Phi) is 4.91. The van der Waals surface area contributed by atoms with Gasteiger partial charge in [-0.15, -0.1) is 0 Å². The summed E-state index contributed by atoms with van der Waals surface area (Å²) in [7, 11) is 0. The second-order valence-electron chi connectivity index (χ2n) is 3.24. The molecule has 0 spiro atoms. The van der Waals surface area contributed by atoms with Gasteiger partial charge in [0, 0.05) is 5.02 Å². The van der Waals surface area contributed by atoms with Crippen molar-refractivity contribution >= 4 is 11.6 Å². The number of rotatable bonds is 5. The number of nitrogens with one attached hydrogen (secondary N) is 1. The minimum atomic E-state index is -0.173. The van der Waals surface area contributed by atoms with E-state index in [1.165, 1.54) is 6.07 Å². The topological polar surface area (TPSA) is 12.0 Å². The predicted molar refractivity (Wildman–Crippen MR) is 58.3 cm³/mol. The third kappa shape index (κ3) is 3.64. The van der Waals surface area contributed by atoms with Crippen LogP contribution in [0.3, 0.4) is 0 Å². The van der Waals surface area contributed by atoms with Gasteiger partial charge >= 0.3 is 0 Å². The van der Waals surface area contributed by atoms with Crippen molar-refractivity contribution in [3.63, 3.8) is 0 Å². The van der Waals surface area contributed by atoms with Crippen LogP contribution in [0.25, 0.3) is 0 Å². The summed E-state index contributed by atoms with van der Waals surface area (Å²) in [5, 5.41) is 3.81. The van der Waals surface area contributed by atoms with Crippen molar-refractivity contribution in [3.8, 4) is 0 Å². The van der Waals surface area contributed by atoms with Crippen LogP contribution in [0.15, 0.2) is 18.2 Å². The molecule has 0 saturated heterocycles. The zero-order valence-corrected chi connectivity index (χ0v) is 9.07. The number of benzene rings is 1. The van der Waals surface area contributed by atoms with Crippen LogP contribution >= 0.6 is 11.6 Å². The third-order valence-corrected chi connectivity index (χ3v) is 2.24. The fourth-order valence-corrected chi connectivity index (χ4v) is 1.45. The molecule has 0 aromatic heterocycles. The molecule has 0 aliphatic carbocycles. The molecule has 0 radical (unpaired) electrons. The molecule has 0 unspecified atom stereocenters. The van der Waals surface area contributed by atoms with Crippen molar-refractivity contribution in [1.82, 2.24) is 5.32 Å². The maximum absolute atomic E-state index is 13.2. The van der Waals surface area contributed by atoms with E-state index < -0.39 is 0 Å². The summed E-state index contributed by atoms with van der Waals surface area (Å²) in [6, 6.07) is 4.67. The van der Waals surface area contributed by atoms with Crippen molar-refractivity contribution in [2.24, 2.45) is 0 Å². The van der Waals surface area contributed by atoms with Gasteiger partial charge < -0.3 is 5.32 Å². The van der Waals surface area contributed by atoms with Crippen LogP contribution in [-0.2, 0) is 6.42 Å². The van der Waals surface area contributed by atoms with Crippen molar-refractivity contribution in [1.29, 1.82) is 0 Å². The Morgan fingerprint density at radius 3 is 2.86 bits per heavy atom. The van der Waals surface area contributed by atoms with Gasteiger partial charge in [0.2, 0.25) is 0 Å². The minimum absolute atomic E-state index is 0.173. The van der Waals surface area contributed by atoms with E-state index in [2.05, 4.69) is 12.2 Å². The van der Waals surface area contributed by atoms with E-state index in [1.807, 2.05) is 0 Å². The van der Waals surface area contributed by atoms with Gasteiger partial charge in [0.05, 0.1) is 0 Å². The molecular weight excluding hydrogens is 201 g/mol. The van der Waals surface area contributed by atoms with Crippen molar-refractivity contribution in [3.05, 3.63) is 34.6 Å². The molecule has 78 valence electrons. The number of halogens is 2. The Bertz CT molecular complexity index is 289. The van der Waals surface area contributed by atoms with E-state index in [0.717, 1.165) is 19.5 Å². The average molecular weight is 216 g/mol. The third-order valence-electron chi connectivity index (χ3n) is 2.01. The molecule has 0 amide bonds. The quantitative estimate of drug-likeness (QED) is 0.745. The van der Waals surface area contributed by atoms with Crippen molar-refractivity contribution in [2.45, 2.75) is 19.8 Å². The summed E-state index contributed by atoms with van der Waals surface area (Å²) in [6.45, 7) is 3.88. The van der Waals surface area contributed by atoms with Gasteiger partial charge in [0.15, 0.2) is 0 Å². The van der Waals surface area contributed by atoms with Gasteiger partial charge in [-0.3, -0.25) is 0 Å². The number of hydrogen-bond acceptors (Lipinski definition) is 1. The summed E-state index contributed by atoms with van der Waals surface area (Å²) in [4.78, 5) is 0. The van der Waals surface area contributed by atoms with Gasteiger partial charge in [-0.2, -0.15) is 0 Å². The lowest BCUT2D eigenvalue weighted by atomic mass is 10.1. The molecule has 3 heteroatoms. The van der Waals surface area contributed by atoms with E-state index in [9.17, 15) is 4.39 Å². The first-order chi connectivity index (χ1) is 6.74. The molecule has 0 aliphatic heterocycles. The summed E-state index contributed by atoms with van der Waals surface area (Å²) in [6.07, 6.45) is 1.78. The zero-order chi connectivity index (χ0) is 10.4. The Hall–Kier alpha value is -0.600. The fraction of sp³-hybridized carbons (Fsp3) is 0.455. The second kappa shape index (κ2) is 5.99. The molecule has 1 aromatic rings. The SMILES string of the molecule is CCCNCCc1cc(Cl)ccc1F. The lowest BCUT2D eigenvalue weighted by molar-refractivity contribution is 0.597. The minimum Gasteiger partial charge on any atom is -0.316 e. The highest BCUT2D eigenvalue weighted by Gasteiger charge is 2.01. The molecule has 1 nitrogen and oxygen atoms in total. The first-order valence-corrected chi connectivity index (χ1v) is 5.26. The maximum Gasteiger partial charge on any atom is 0.126 e. The summed E-state index contributed by atoms with van der Waals surface area (Å²) in [5.41, 5.74) is 0.682. The van der Waals surface area contributed by atoms with Crippen LogP contribution in [0.2, 0.25) is 5.02 Å². The van der Waals surface area contributed by atoms with Gasteiger partial charge in [-0.1, -0.05) is 18.5 Å². The molecule has 1 aromatic carbocycles. The van der Waals surface area contributed by atoms with Crippen molar-refractivity contribution in [2.75, 3.05) is 13.1 Å². The fourth-order valence-electron chi connectivity index (χ4n) is 1.26. The van der Waals surface area contributed by atoms with Gasteiger partial charge in [-0.25, -0.2) is 4.39 Å². The molecule has 14 heavy (non-hydrogen) atoms. The first-order valence-electron chi connectivity index (χ1n) is 4.88. The zero-order valence-electron chi connectivity index (χ0n) is 8.32. The van der Waals surface area contributed by atoms with E-state index in [1.54, 1.807) is 12.1 Å². The Morgan fingerprint density at radius 1 is 1.36 bits per heavy atom. The van der Waals surface area contributed by atoms with Gasteiger partial charge in [0.1, 0.15) is 5.82 Å². The Labute approximate surface area is 89.3 Å². The number of hydrogen-bond donors (Lipinski definition) is 1. The second-order valence-corrected chi connectivity index (χ2v) is 3.67. The highest BCUT2D eigenvalue weighted by molar-refractivity contribution is 6.30. The van der Waals surface area contributed by atoms with Crippen LogP contribution in [-0.4, -0.2) is 13.1 Å². The van der Waals surface area contributed by atoms with E-state index >= 15 is 0 Å². The Morgan fingerprint density at radius 2 is 2.14 bits per heavy atom. The predicted octanol–water partition coefficient (Wildman–Crippen LogP) is 3.02. The first kappa shape index (κ1) is 11.5. The smallest absolute Gasteiger partial charge is 0.126 e. The highest BCUT2D eigenvalue weighted by Crippen LogP contribution is 2.14. The lowest BCUT2D eigenvalue weighted by Gasteiger charge is -2.04. The van der Waals surface area contributed by atoms with Gasteiger partial charge in [0.25, 0.3) is 0 Å². The monoisotopic (exact) mass is 215 g/mol. The summed E-state index contributed by atoms with van der Waals surface area (Å²) in [5.74, 6) is -0.173. The molecule has 0 saturated carbocycles. The molecule has 0 fully saturated rings. The van der Waals surface area contributed by atoms with Crippen LogP contribution in [0.1, 0.15) is 18.9 Å². The normalized spacial score (nSPS) is 10.5. The molecule has 1 rings (SSSR count). The Balaban J connectivity index is 2.45. The molecule has 0 aliphatic rings. The molecule has 1 N–H and O–H groups in total. The molecule has 0 atom stereocenters. The average Bonchev–Trinajstić information content (AvgIpc) is 2.18. The van der Waals surface area contributed by atoms with Crippen LogP contribution in [0.4, 0.5) is 4.39 Å². The van der Waals surface area contributed by atoms with E-state index in [4.69, 9.17) is 11.6 Å². The lowest BCUT2D eigenvalue weighted by Crippen LogP contribution is -2.18. The maximum atomic E-state index is 13.2. The van der Waals surface area contributed by atoms with Crippen molar-refractivity contribution < 1.29 is 4.39 Å².